The summed E-state index contributed by atoms with van der Waals surface area (Å²) >= 11 is 3.32. The quantitative estimate of drug-likeness (QED) is 0.688. The first-order valence-electron chi connectivity index (χ1n) is 5.65. The molecule has 1 amide bonds. The third kappa shape index (κ3) is 3.18. The van der Waals surface area contributed by atoms with Gasteiger partial charge >= 0.3 is 0 Å². The van der Waals surface area contributed by atoms with E-state index in [4.69, 9.17) is 0 Å². The summed E-state index contributed by atoms with van der Waals surface area (Å²) in [5.74, 6) is 0.0585. The van der Waals surface area contributed by atoms with E-state index >= 15 is 0 Å². The summed E-state index contributed by atoms with van der Waals surface area (Å²) in [6.45, 7) is 1.88. The highest BCUT2D eigenvalue weighted by atomic mass is 79.9. The monoisotopic (exact) mass is 335 g/mol. The van der Waals surface area contributed by atoms with Crippen molar-refractivity contribution in [3.8, 4) is 0 Å². The molecule has 1 aromatic heterocycles. The Morgan fingerprint density at radius 2 is 2.00 bits per heavy atom. The number of nitrogens with one attached hydrogen (secondary N) is 1. The first-order valence-corrected chi connectivity index (χ1v) is 6.44. The highest BCUT2D eigenvalue weighted by molar-refractivity contribution is 9.10. The number of amides is 1. The average Bonchev–Trinajstić information content (AvgIpc) is 2.43. The van der Waals surface area contributed by atoms with Gasteiger partial charge in [0.05, 0.1) is 4.92 Å². The zero-order chi connectivity index (χ0) is 14.7. The third-order valence-electron chi connectivity index (χ3n) is 2.63. The van der Waals surface area contributed by atoms with Crippen LogP contribution in [0.5, 0.6) is 0 Å². The van der Waals surface area contributed by atoms with Gasteiger partial charge in [-0.15, -0.1) is 0 Å². The summed E-state index contributed by atoms with van der Waals surface area (Å²) in [5.41, 5.74) is 1.22. The minimum atomic E-state index is -0.513. The predicted molar refractivity (Wildman–Crippen MR) is 77.7 cm³/mol. The van der Waals surface area contributed by atoms with E-state index in [9.17, 15) is 14.9 Å². The number of halogens is 1. The minimum Gasteiger partial charge on any atom is -0.307 e. The second-order valence-electron chi connectivity index (χ2n) is 4.08. The molecule has 6 nitrogen and oxygen atoms in total. The van der Waals surface area contributed by atoms with Crippen molar-refractivity contribution in [3.05, 3.63) is 62.2 Å². The van der Waals surface area contributed by atoms with Crippen LogP contribution in [0.3, 0.4) is 0 Å². The van der Waals surface area contributed by atoms with Gasteiger partial charge in [0, 0.05) is 28.4 Å². The van der Waals surface area contributed by atoms with Crippen molar-refractivity contribution < 1.29 is 9.72 Å². The lowest BCUT2D eigenvalue weighted by atomic mass is 10.2. The van der Waals surface area contributed by atoms with Crippen LogP contribution in [-0.4, -0.2) is 15.8 Å². The normalized spacial score (nSPS) is 10.1. The van der Waals surface area contributed by atoms with Crippen LogP contribution in [0, 0.1) is 17.0 Å². The van der Waals surface area contributed by atoms with E-state index in [1.807, 2.05) is 6.92 Å². The van der Waals surface area contributed by atoms with Crippen LogP contribution in [0.15, 0.2) is 41.0 Å². The number of carbonyl (C=O) groups is 1. The van der Waals surface area contributed by atoms with Gasteiger partial charge in [-0.1, -0.05) is 0 Å². The molecular weight excluding hydrogens is 326 g/mol. The molecule has 2 rings (SSSR count). The number of nitro groups is 1. The summed E-state index contributed by atoms with van der Waals surface area (Å²) in [5, 5.41) is 13.2. The van der Waals surface area contributed by atoms with E-state index < -0.39 is 4.92 Å². The Kier molecular flexibility index (Phi) is 4.09. The van der Waals surface area contributed by atoms with Gasteiger partial charge in [-0.25, -0.2) is 4.98 Å². The number of nitrogens with zero attached hydrogens (tertiary/aromatic N) is 2. The first-order chi connectivity index (χ1) is 9.47. The first kappa shape index (κ1) is 14.1. The van der Waals surface area contributed by atoms with Gasteiger partial charge in [-0.3, -0.25) is 14.9 Å². The van der Waals surface area contributed by atoms with Crippen LogP contribution in [0.1, 0.15) is 15.9 Å². The van der Waals surface area contributed by atoms with Gasteiger partial charge in [0.2, 0.25) is 0 Å². The van der Waals surface area contributed by atoms with Gasteiger partial charge in [0.1, 0.15) is 5.82 Å². The maximum absolute atomic E-state index is 12.0. The van der Waals surface area contributed by atoms with Gasteiger partial charge in [0.25, 0.3) is 11.6 Å². The van der Waals surface area contributed by atoms with Crippen molar-refractivity contribution >= 4 is 33.3 Å². The number of nitro benzene ring substituents is 1. The molecule has 0 unspecified atom stereocenters. The summed E-state index contributed by atoms with van der Waals surface area (Å²) < 4.78 is 0.853. The highest BCUT2D eigenvalue weighted by Crippen LogP contribution is 2.18. The van der Waals surface area contributed by atoms with E-state index in [0.717, 1.165) is 10.0 Å². The molecule has 102 valence electrons. The average molecular weight is 336 g/mol. The second kappa shape index (κ2) is 5.79. The SMILES string of the molecule is Cc1cc(NC(=O)c2ccc([N+](=O)[O-])cc2)ncc1Br. The van der Waals surface area contributed by atoms with Crippen LogP contribution in [0.2, 0.25) is 0 Å². The van der Waals surface area contributed by atoms with Crippen molar-refractivity contribution in [2.75, 3.05) is 5.32 Å². The molecule has 0 saturated heterocycles. The molecule has 0 radical (unpaired) electrons. The Bertz CT molecular complexity index is 671. The maximum Gasteiger partial charge on any atom is 0.269 e. The van der Waals surface area contributed by atoms with Gasteiger partial charge in [-0.05, 0) is 46.6 Å². The van der Waals surface area contributed by atoms with E-state index in [-0.39, 0.29) is 11.6 Å². The molecule has 1 N–H and O–H groups in total. The molecule has 0 aliphatic heterocycles. The molecule has 2 aromatic rings. The zero-order valence-corrected chi connectivity index (χ0v) is 12.0. The number of non-ortho nitro benzene ring substituents is 1. The summed E-state index contributed by atoms with van der Waals surface area (Å²) in [6, 6.07) is 7.11. The number of carbonyl (C=O) groups excluding carboxylic acids is 1. The fourth-order valence-electron chi connectivity index (χ4n) is 1.53. The molecular formula is C13H10BrN3O3. The zero-order valence-electron chi connectivity index (χ0n) is 10.5. The molecule has 0 atom stereocenters. The molecule has 20 heavy (non-hydrogen) atoms. The van der Waals surface area contributed by atoms with E-state index in [2.05, 4.69) is 26.2 Å². The topological polar surface area (TPSA) is 85.1 Å². The number of benzene rings is 1. The molecule has 1 heterocycles. The van der Waals surface area contributed by atoms with Crippen molar-refractivity contribution in [1.29, 1.82) is 0 Å². The van der Waals surface area contributed by atoms with E-state index in [1.165, 1.54) is 24.3 Å². The Hall–Kier alpha value is -2.28. The lowest BCUT2D eigenvalue weighted by Crippen LogP contribution is -2.13. The van der Waals surface area contributed by atoms with Gasteiger partial charge < -0.3 is 5.32 Å². The van der Waals surface area contributed by atoms with Crippen LogP contribution in [-0.2, 0) is 0 Å². The van der Waals surface area contributed by atoms with Crippen LogP contribution in [0.4, 0.5) is 11.5 Å². The smallest absolute Gasteiger partial charge is 0.269 e. The fraction of sp³-hybridized carbons (Fsp3) is 0.0769. The number of hydrogen-bond donors (Lipinski definition) is 1. The lowest BCUT2D eigenvalue weighted by Gasteiger charge is -2.06. The molecule has 0 saturated carbocycles. The van der Waals surface area contributed by atoms with Gasteiger partial charge in [-0.2, -0.15) is 0 Å². The molecule has 0 spiro atoms. The number of anilines is 1. The molecule has 1 aromatic carbocycles. The Morgan fingerprint density at radius 3 is 2.55 bits per heavy atom. The van der Waals surface area contributed by atoms with Crippen molar-refractivity contribution in [1.82, 2.24) is 4.98 Å². The molecule has 0 aliphatic rings. The molecule has 0 aliphatic carbocycles. The maximum atomic E-state index is 12.0. The van der Waals surface area contributed by atoms with E-state index in [0.29, 0.717) is 11.4 Å². The third-order valence-corrected chi connectivity index (χ3v) is 3.46. The van der Waals surface area contributed by atoms with Crippen molar-refractivity contribution in [2.24, 2.45) is 0 Å². The molecule has 0 bridgehead atoms. The Morgan fingerprint density at radius 1 is 1.35 bits per heavy atom. The van der Waals surface area contributed by atoms with E-state index in [1.54, 1.807) is 12.3 Å². The number of hydrogen-bond acceptors (Lipinski definition) is 4. The molecule has 0 fully saturated rings. The van der Waals surface area contributed by atoms with Crippen molar-refractivity contribution in [2.45, 2.75) is 6.92 Å². The van der Waals surface area contributed by atoms with Crippen LogP contribution in [0.25, 0.3) is 0 Å². The highest BCUT2D eigenvalue weighted by Gasteiger charge is 2.10. The minimum absolute atomic E-state index is 0.0563. The Labute approximate surface area is 123 Å². The van der Waals surface area contributed by atoms with Gasteiger partial charge in [0.15, 0.2) is 0 Å². The van der Waals surface area contributed by atoms with Crippen LogP contribution >= 0.6 is 15.9 Å². The second-order valence-corrected chi connectivity index (χ2v) is 4.93. The summed E-state index contributed by atoms with van der Waals surface area (Å²) in [4.78, 5) is 26.0. The summed E-state index contributed by atoms with van der Waals surface area (Å²) in [7, 11) is 0. The Balaban J connectivity index is 2.15. The van der Waals surface area contributed by atoms with Crippen molar-refractivity contribution in [3.63, 3.8) is 0 Å². The summed E-state index contributed by atoms with van der Waals surface area (Å²) in [6.07, 6.45) is 1.60. The lowest BCUT2D eigenvalue weighted by molar-refractivity contribution is -0.384. The number of aryl methyl sites for hydroxylation is 1. The standard InChI is InChI=1S/C13H10BrN3O3/c1-8-6-12(15-7-11(8)14)16-13(18)9-2-4-10(5-3-9)17(19)20/h2-7H,1H3,(H,15,16,18). The van der Waals surface area contributed by atoms with Crippen LogP contribution < -0.4 is 5.32 Å². The number of rotatable bonds is 3. The largest absolute Gasteiger partial charge is 0.307 e. The fourth-order valence-corrected chi connectivity index (χ4v) is 1.75. The number of aromatic nitrogens is 1. The number of pyridine rings is 1. The predicted octanol–water partition coefficient (Wildman–Crippen LogP) is 3.31. The molecule has 7 heteroatoms.